The number of aromatic nitrogens is 2. The molecule has 1 heterocycles. The first-order valence-corrected chi connectivity index (χ1v) is 9.31. The molecule has 134 valence electrons. The number of amides is 1. The van der Waals surface area contributed by atoms with Crippen LogP contribution in [0.2, 0.25) is 5.02 Å². The molecule has 0 spiro atoms. The highest BCUT2D eigenvalue weighted by atomic mass is 35.5. The number of hydrogen-bond donors (Lipinski definition) is 1. The van der Waals surface area contributed by atoms with Gasteiger partial charge in [0.2, 0.25) is 5.91 Å². The number of carbonyl (C=O) groups excluding carboxylic acids is 1. The fraction of sp³-hybridized carbons (Fsp3) is 0.158. The van der Waals surface area contributed by atoms with Gasteiger partial charge in [0.05, 0.1) is 17.6 Å². The Balaban J connectivity index is 1.55. The van der Waals surface area contributed by atoms with Crippen molar-refractivity contribution in [1.29, 1.82) is 0 Å². The third-order valence-corrected chi connectivity index (χ3v) is 5.12. The number of hydrogen-bond acceptors (Lipinski definition) is 3. The fourth-order valence-corrected chi connectivity index (χ4v) is 3.31. The molecule has 3 rings (SSSR count). The Morgan fingerprint density at radius 1 is 1.19 bits per heavy atom. The average Bonchev–Trinajstić information content (AvgIpc) is 3.01. The summed E-state index contributed by atoms with van der Waals surface area (Å²) in [7, 11) is 1.91. The molecule has 0 atom stereocenters. The maximum Gasteiger partial charge on any atom is 0.230 e. The van der Waals surface area contributed by atoms with Crippen LogP contribution in [0.25, 0.3) is 11.3 Å². The number of thioether (sulfide) groups is 1. The Bertz CT molecular complexity index is 894. The molecular formula is C19H17ClFN3OS. The quantitative estimate of drug-likeness (QED) is 0.640. The Kier molecular flexibility index (Phi) is 5.96. The summed E-state index contributed by atoms with van der Waals surface area (Å²) in [5, 5.41) is 4.26. The van der Waals surface area contributed by atoms with Gasteiger partial charge in [0.15, 0.2) is 5.16 Å². The second kappa shape index (κ2) is 8.38. The van der Waals surface area contributed by atoms with Gasteiger partial charge in [-0.05, 0) is 35.4 Å². The first-order valence-electron chi connectivity index (χ1n) is 7.94. The molecule has 26 heavy (non-hydrogen) atoms. The van der Waals surface area contributed by atoms with E-state index in [9.17, 15) is 9.18 Å². The van der Waals surface area contributed by atoms with Crippen molar-refractivity contribution in [1.82, 2.24) is 14.9 Å². The van der Waals surface area contributed by atoms with Crippen LogP contribution in [0.5, 0.6) is 0 Å². The van der Waals surface area contributed by atoms with E-state index in [1.807, 2.05) is 35.9 Å². The lowest BCUT2D eigenvalue weighted by molar-refractivity contribution is -0.118. The summed E-state index contributed by atoms with van der Waals surface area (Å²) in [6, 6.07) is 13.6. The lowest BCUT2D eigenvalue weighted by Gasteiger charge is -2.07. The predicted octanol–water partition coefficient (Wildman–Crippen LogP) is 4.29. The Labute approximate surface area is 160 Å². The first-order chi connectivity index (χ1) is 12.5. The molecule has 1 aromatic heterocycles. The summed E-state index contributed by atoms with van der Waals surface area (Å²) in [6.45, 7) is 0.371. The monoisotopic (exact) mass is 389 g/mol. The van der Waals surface area contributed by atoms with Gasteiger partial charge < -0.3 is 9.88 Å². The van der Waals surface area contributed by atoms with E-state index in [0.29, 0.717) is 11.6 Å². The molecule has 1 amide bonds. The SMILES string of the molecule is Cn1c(-c2ccc(Cl)cc2)cnc1SCC(=O)NCc1ccc(F)cc1. The predicted molar refractivity (Wildman–Crippen MR) is 103 cm³/mol. The van der Waals surface area contributed by atoms with Gasteiger partial charge in [-0.3, -0.25) is 4.79 Å². The van der Waals surface area contributed by atoms with Crippen LogP contribution in [0, 0.1) is 5.82 Å². The maximum absolute atomic E-state index is 12.9. The molecule has 0 radical (unpaired) electrons. The highest BCUT2D eigenvalue weighted by Gasteiger charge is 2.11. The second-order valence-corrected chi connectivity index (χ2v) is 7.06. The number of halogens is 2. The molecule has 0 aliphatic heterocycles. The highest BCUT2D eigenvalue weighted by Crippen LogP contribution is 2.25. The van der Waals surface area contributed by atoms with Crippen LogP contribution < -0.4 is 5.32 Å². The minimum absolute atomic E-state index is 0.102. The standard InChI is InChI=1S/C19H17ClFN3OS/c1-24-17(14-4-6-15(20)7-5-14)11-23-19(24)26-12-18(25)22-10-13-2-8-16(21)9-3-13/h2-9,11H,10,12H2,1H3,(H,22,25). The van der Waals surface area contributed by atoms with E-state index in [2.05, 4.69) is 10.3 Å². The average molecular weight is 390 g/mol. The van der Waals surface area contributed by atoms with Gasteiger partial charge >= 0.3 is 0 Å². The van der Waals surface area contributed by atoms with Crippen molar-refractivity contribution in [2.45, 2.75) is 11.7 Å². The molecule has 0 aliphatic carbocycles. The van der Waals surface area contributed by atoms with Gasteiger partial charge in [-0.2, -0.15) is 0 Å². The van der Waals surface area contributed by atoms with E-state index in [1.165, 1.54) is 23.9 Å². The van der Waals surface area contributed by atoms with Gasteiger partial charge in [-0.25, -0.2) is 9.37 Å². The number of nitrogens with zero attached hydrogens (tertiary/aromatic N) is 2. The number of nitrogens with one attached hydrogen (secondary N) is 1. The summed E-state index contributed by atoms with van der Waals surface area (Å²) < 4.78 is 14.8. The largest absolute Gasteiger partial charge is 0.351 e. The van der Waals surface area contributed by atoms with Crippen molar-refractivity contribution in [2.75, 3.05) is 5.75 Å². The van der Waals surface area contributed by atoms with E-state index in [4.69, 9.17) is 11.6 Å². The fourth-order valence-electron chi connectivity index (χ4n) is 2.40. The minimum atomic E-state index is -0.290. The van der Waals surface area contributed by atoms with Crippen LogP contribution in [-0.2, 0) is 18.4 Å². The van der Waals surface area contributed by atoms with Crippen molar-refractivity contribution in [2.24, 2.45) is 7.05 Å². The molecule has 0 saturated heterocycles. The normalized spacial score (nSPS) is 10.7. The summed E-state index contributed by atoms with van der Waals surface area (Å²) in [5.41, 5.74) is 2.82. The van der Waals surface area contributed by atoms with Crippen molar-refractivity contribution in [3.05, 3.63) is 71.1 Å². The van der Waals surface area contributed by atoms with Crippen LogP contribution in [0.1, 0.15) is 5.56 Å². The molecule has 4 nitrogen and oxygen atoms in total. The Hall–Kier alpha value is -2.31. The maximum atomic E-state index is 12.9. The first kappa shape index (κ1) is 18.5. The molecule has 7 heteroatoms. The zero-order valence-corrected chi connectivity index (χ0v) is 15.6. The van der Waals surface area contributed by atoms with Crippen LogP contribution >= 0.6 is 23.4 Å². The van der Waals surface area contributed by atoms with Crippen molar-refractivity contribution in [3.63, 3.8) is 0 Å². The lowest BCUT2D eigenvalue weighted by Crippen LogP contribution is -2.24. The number of benzene rings is 2. The smallest absolute Gasteiger partial charge is 0.230 e. The van der Waals surface area contributed by atoms with Crippen molar-refractivity contribution >= 4 is 29.3 Å². The molecule has 2 aromatic carbocycles. The van der Waals surface area contributed by atoms with Gasteiger partial charge in [-0.1, -0.05) is 47.6 Å². The van der Waals surface area contributed by atoms with Crippen LogP contribution in [0.15, 0.2) is 59.9 Å². The van der Waals surface area contributed by atoms with Crippen LogP contribution in [0.3, 0.4) is 0 Å². The summed E-state index contributed by atoms with van der Waals surface area (Å²) >= 11 is 7.29. The Morgan fingerprint density at radius 2 is 1.88 bits per heavy atom. The zero-order chi connectivity index (χ0) is 18.5. The van der Waals surface area contributed by atoms with E-state index >= 15 is 0 Å². The topological polar surface area (TPSA) is 46.9 Å². The molecule has 0 fully saturated rings. The van der Waals surface area contributed by atoms with E-state index in [-0.39, 0.29) is 17.5 Å². The van der Waals surface area contributed by atoms with E-state index in [1.54, 1.807) is 18.3 Å². The van der Waals surface area contributed by atoms with Crippen molar-refractivity contribution < 1.29 is 9.18 Å². The van der Waals surface area contributed by atoms with E-state index < -0.39 is 0 Å². The second-order valence-electron chi connectivity index (χ2n) is 5.68. The number of carbonyl (C=O) groups is 1. The molecule has 1 N–H and O–H groups in total. The summed E-state index contributed by atoms with van der Waals surface area (Å²) in [6.07, 6.45) is 1.78. The van der Waals surface area contributed by atoms with Gasteiger partial charge in [0.25, 0.3) is 0 Å². The molecular weight excluding hydrogens is 373 g/mol. The summed E-state index contributed by atoms with van der Waals surface area (Å²) in [4.78, 5) is 16.4. The number of rotatable bonds is 6. The number of imidazole rings is 1. The van der Waals surface area contributed by atoms with Crippen molar-refractivity contribution in [3.8, 4) is 11.3 Å². The molecule has 0 bridgehead atoms. The van der Waals surface area contributed by atoms with Gasteiger partial charge in [0.1, 0.15) is 5.82 Å². The van der Waals surface area contributed by atoms with Gasteiger partial charge in [-0.15, -0.1) is 0 Å². The highest BCUT2D eigenvalue weighted by molar-refractivity contribution is 7.99. The van der Waals surface area contributed by atoms with E-state index in [0.717, 1.165) is 22.0 Å². The summed E-state index contributed by atoms with van der Waals surface area (Å²) in [5.74, 6) is -0.135. The molecule has 0 unspecified atom stereocenters. The third-order valence-electron chi connectivity index (χ3n) is 3.82. The molecule has 0 saturated carbocycles. The molecule has 0 aliphatic rings. The van der Waals surface area contributed by atoms with Gasteiger partial charge in [0, 0.05) is 18.6 Å². The molecule has 3 aromatic rings. The zero-order valence-electron chi connectivity index (χ0n) is 14.1. The van der Waals surface area contributed by atoms with Crippen LogP contribution in [-0.4, -0.2) is 21.2 Å². The Morgan fingerprint density at radius 3 is 2.58 bits per heavy atom. The van der Waals surface area contributed by atoms with Crippen LogP contribution in [0.4, 0.5) is 4.39 Å². The third kappa shape index (κ3) is 4.65. The lowest BCUT2D eigenvalue weighted by atomic mass is 10.2. The minimum Gasteiger partial charge on any atom is -0.351 e.